The second-order valence-electron chi connectivity index (χ2n) is 10.8. The van der Waals surface area contributed by atoms with E-state index in [1.165, 1.54) is 72.7 Å². The Morgan fingerprint density at radius 2 is 0.775 bits per heavy atom. The van der Waals surface area contributed by atoms with Crippen molar-refractivity contribution in [1.82, 2.24) is 0 Å². The Labute approximate surface area is 237 Å². The summed E-state index contributed by atoms with van der Waals surface area (Å²) in [5.41, 5.74) is 16.3. The monoisotopic (exact) mass is 513 g/mol. The molecule has 1 heteroatoms. The van der Waals surface area contributed by atoms with E-state index in [-0.39, 0.29) is 0 Å². The van der Waals surface area contributed by atoms with Crippen LogP contribution in [0.15, 0.2) is 140 Å². The molecule has 0 saturated carbocycles. The molecule has 0 radical (unpaired) electrons. The molecule has 0 amide bonds. The molecule has 1 aliphatic rings. The van der Waals surface area contributed by atoms with Crippen LogP contribution in [0.2, 0.25) is 0 Å². The number of hydrogen-bond donors (Lipinski definition) is 0. The van der Waals surface area contributed by atoms with Crippen LogP contribution in [0, 0.1) is 13.8 Å². The van der Waals surface area contributed by atoms with Gasteiger partial charge < -0.3 is 4.90 Å². The number of fused-ring (bicyclic) bond motifs is 2. The zero-order chi connectivity index (χ0) is 27.1. The van der Waals surface area contributed by atoms with E-state index in [4.69, 9.17) is 0 Å². The van der Waals surface area contributed by atoms with Crippen molar-refractivity contribution in [2.45, 2.75) is 20.3 Å². The molecule has 1 aliphatic heterocycles. The van der Waals surface area contributed by atoms with Crippen molar-refractivity contribution >= 4 is 17.1 Å². The van der Waals surface area contributed by atoms with Crippen molar-refractivity contribution < 1.29 is 0 Å². The number of benzene rings is 6. The van der Waals surface area contributed by atoms with Gasteiger partial charge in [0.1, 0.15) is 0 Å². The molecule has 0 saturated heterocycles. The molecular formula is C39H31N. The predicted molar refractivity (Wildman–Crippen MR) is 170 cm³/mol. The molecule has 40 heavy (non-hydrogen) atoms. The molecular weight excluding hydrogens is 482 g/mol. The molecule has 0 aliphatic carbocycles. The second-order valence-corrected chi connectivity index (χ2v) is 10.8. The maximum atomic E-state index is 2.40. The van der Waals surface area contributed by atoms with Crippen LogP contribution < -0.4 is 4.90 Å². The standard InChI is InChI=1S/C39H31N/c1-27-11-15-29(16-12-27)34-24-35(30-17-13-28(2)14-18-30)26-36(25-34)31-19-21-37(22-20-31)40-38-9-5-3-7-32(38)23-33-8-4-6-10-39(33)40/h3-22,24-26H,23H2,1-2H3. The lowest BCUT2D eigenvalue weighted by Gasteiger charge is -2.33. The van der Waals surface area contributed by atoms with E-state index in [9.17, 15) is 0 Å². The average molecular weight is 514 g/mol. The highest BCUT2D eigenvalue weighted by Gasteiger charge is 2.23. The molecule has 0 fully saturated rings. The van der Waals surface area contributed by atoms with Crippen LogP contribution in [0.4, 0.5) is 17.1 Å². The van der Waals surface area contributed by atoms with Crippen molar-refractivity contribution in [2.24, 2.45) is 0 Å². The van der Waals surface area contributed by atoms with Crippen molar-refractivity contribution in [3.63, 3.8) is 0 Å². The Morgan fingerprint density at radius 1 is 0.400 bits per heavy atom. The van der Waals surface area contributed by atoms with Gasteiger partial charge in [0, 0.05) is 23.5 Å². The van der Waals surface area contributed by atoms with Crippen molar-refractivity contribution in [3.8, 4) is 33.4 Å². The van der Waals surface area contributed by atoms with Crippen LogP contribution in [-0.2, 0) is 6.42 Å². The van der Waals surface area contributed by atoms with Gasteiger partial charge in [0.2, 0.25) is 0 Å². The largest absolute Gasteiger partial charge is 0.310 e. The number of hydrogen-bond acceptors (Lipinski definition) is 1. The topological polar surface area (TPSA) is 3.24 Å². The summed E-state index contributed by atoms with van der Waals surface area (Å²) in [4.78, 5) is 2.40. The van der Waals surface area contributed by atoms with E-state index in [1.807, 2.05) is 0 Å². The first-order chi connectivity index (χ1) is 19.6. The third-order valence-corrected chi connectivity index (χ3v) is 8.01. The third kappa shape index (κ3) is 4.50. The van der Waals surface area contributed by atoms with Crippen LogP contribution >= 0.6 is 0 Å². The smallest absolute Gasteiger partial charge is 0.0497 e. The van der Waals surface area contributed by atoms with Gasteiger partial charge in [-0.25, -0.2) is 0 Å². The highest BCUT2D eigenvalue weighted by atomic mass is 15.2. The summed E-state index contributed by atoms with van der Waals surface area (Å²) in [7, 11) is 0. The fourth-order valence-corrected chi connectivity index (χ4v) is 5.79. The minimum absolute atomic E-state index is 0.967. The van der Waals surface area contributed by atoms with Crippen LogP contribution in [0.1, 0.15) is 22.3 Å². The minimum Gasteiger partial charge on any atom is -0.310 e. The first-order valence-electron chi connectivity index (χ1n) is 14.0. The fourth-order valence-electron chi connectivity index (χ4n) is 5.79. The quantitative estimate of drug-likeness (QED) is 0.226. The fraction of sp³-hybridized carbons (Fsp3) is 0.0769. The maximum absolute atomic E-state index is 2.40. The van der Waals surface area contributed by atoms with E-state index >= 15 is 0 Å². The molecule has 0 spiro atoms. The van der Waals surface area contributed by atoms with Crippen LogP contribution in [-0.4, -0.2) is 0 Å². The highest BCUT2D eigenvalue weighted by Crippen LogP contribution is 2.44. The van der Waals surface area contributed by atoms with Gasteiger partial charge in [0.25, 0.3) is 0 Å². The van der Waals surface area contributed by atoms with E-state index in [1.54, 1.807) is 0 Å². The minimum atomic E-state index is 0.967. The summed E-state index contributed by atoms with van der Waals surface area (Å²) in [6.07, 6.45) is 0.967. The average Bonchev–Trinajstić information content (AvgIpc) is 3.00. The molecule has 6 aromatic rings. The Kier molecular flexibility index (Phi) is 6.06. The molecule has 0 unspecified atom stereocenters. The van der Waals surface area contributed by atoms with Gasteiger partial charge >= 0.3 is 0 Å². The zero-order valence-corrected chi connectivity index (χ0v) is 22.9. The third-order valence-electron chi connectivity index (χ3n) is 8.01. The molecule has 192 valence electrons. The Morgan fingerprint density at radius 3 is 1.20 bits per heavy atom. The SMILES string of the molecule is Cc1ccc(-c2cc(-c3ccc(C)cc3)cc(-c3ccc(N4c5ccccc5Cc5ccccc54)cc3)c2)cc1. The number of rotatable bonds is 4. The molecule has 1 nitrogen and oxygen atoms in total. The van der Waals surface area contributed by atoms with Gasteiger partial charge in [0.05, 0.1) is 0 Å². The van der Waals surface area contributed by atoms with Gasteiger partial charge in [-0.15, -0.1) is 0 Å². The summed E-state index contributed by atoms with van der Waals surface area (Å²) >= 11 is 0. The normalized spacial score (nSPS) is 12.1. The summed E-state index contributed by atoms with van der Waals surface area (Å²) < 4.78 is 0. The zero-order valence-electron chi connectivity index (χ0n) is 22.9. The van der Waals surface area contributed by atoms with Gasteiger partial charge in [-0.05, 0) is 101 Å². The van der Waals surface area contributed by atoms with E-state index in [0.29, 0.717) is 0 Å². The Balaban J connectivity index is 1.32. The van der Waals surface area contributed by atoms with Crippen molar-refractivity contribution in [2.75, 3.05) is 4.90 Å². The van der Waals surface area contributed by atoms with Gasteiger partial charge in [-0.3, -0.25) is 0 Å². The summed E-state index contributed by atoms with van der Waals surface area (Å²) in [5, 5.41) is 0. The number of aryl methyl sites for hydroxylation is 2. The van der Waals surface area contributed by atoms with Gasteiger partial charge in [0.15, 0.2) is 0 Å². The number of anilines is 3. The summed E-state index contributed by atoms with van der Waals surface area (Å²) in [5.74, 6) is 0. The highest BCUT2D eigenvalue weighted by molar-refractivity contribution is 5.86. The maximum Gasteiger partial charge on any atom is 0.0497 e. The van der Waals surface area contributed by atoms with Crippen molar-refractivity contribution in [1.29, 1.82) is 0 Å². The van der Waals surface area contributed by atoms with Crippen LogP contribution in [0.3, 0.4) is 0 Å². The molecule has 0 N–H and O–H groups in total. The molecule has 1 heterocycles. The summed E-state index contributed by atoms with van der Waals surface area (Å²) in [6.45, 7) is 4.28. The molecule has 0 aromatic heterocycles. The van der Waals surface area contributed by atoms with Gasteiger partial charge in [-0.2, -0.15) is 0 Å². The molecule has 0 bridgehead atoms. The van der Waals surface area contributed by atoms with Crippen LogP contribution in [0.5, 0.6) is 0 Å². The molecule has 0 atom stereocenters. The number of nitrogens with zero attached hydrogens (tertiary/aromatic N) is 1. The number of para-hydroxylation sites is 2. The van der Waals surface area contributed by atoms with Gasteiger partial charge in [-0.1, -0.05) is 108 Å². The first kappa shape index (κ1) is 24.2. The van der Waals surface area contributed by atoms with E-state index in [0.717, 1.165) is 6.42 Å². The lowest BCUT2D eigenvalue weighted by atomic mass is 9.92. The van der Waals surface area contributed by atoms with Crippen LogP contribution in [0.25, 0.3) is 33.4 Å². The van der Waals surface area contributed by atoms with Crippen molar-refractivity contribution in [3.05, 3.63) is 162 Å². The second kappa shape index (κ2) is 10.0. The Bertz CT molecular complexity index is 1700. The lowest BCUT2D eigenvalue weighted by molar-refractivity contribution is 1.09. The first-order valence-corrected chi connectivity index (χ1v) is 14.0. The Hall–Kier alpha value is -4.88. The lowest BCUT2D eigenvalue weighted by Crippen LogP contribution is -2.18. The predicted octanol–water partition coefficient (Wildman–Crippen LogP) is 10.7. The van der Waals surface area contributed by atoms with E-state index in [2.05, 4.69) is 158 Å². The molecule has 7 rings (SSSR count). The summed E-state index contributed by atoms with van der Waals surface area (Å²) in [6, 6.07) is 51.2. The molecule has 6 aromatic carbocycles. The van der Waals surface area contributed by atoms with E-state index < -0.39 is 0 Å².